The molecule has 0 bridgehead atoms. The van der Waals surface area contributed by atoms with E-state index in [0.717, 1.165) is 40.7 Å². The Kier molecular flexibility index (Phi) is 5.45. The lowest BCUT2D eigenvalue weighted by Gasteiger charge is -2.21. The van der Waals surface area contributed by atoms with Crippen LogP contribution in [0, 0.1) is 0 Å². The molecule has 3 aromatic rings. The van der Waals surface area contributed by atoms with E-state index in [9.17, 15) is 4.79 Å². The first-order chi connectivity index (χ1) is 12.1. The number of aromatic amines is 1. The van der Waals surface area contributed by atoms with Crippen molar-refractivity contribution < 1.29 is 4.79 Å². The molecule has 1 aliphatic heterocycles. The van der Waals surface area contributed by atoms with Crippen LogP contribution < -0.4 is 16.0 Å². The summed E-state index contributed by atoms with van der Waals surface area (Å²) in [7, 11) is 0. The molecule has 0 aromatic carbocycles. The van der Waals surface area contributed by atoms with Crippen molar-refractivity contribution in [2.24, 2.45) is 5.73 Å². The predicted octanol–water partition coefficient (Wildman–Crippen LogP) is 2.93. The number of nitrogens with one attached hydrogen (secondary N) is 2. The number of fused-ring (bicyclic) bond motifs is 1. The molecule has 0 aliphatic carbocycles. The second-order valence-corrected chi connectivity index (χ2v) is 6.93. The highest BCUT2D eigenvalue weighted by Gasteiger charge is 2.25. The molecule has 1 amide bonds. The summed E-state index contributed by atoms with van der Waals surface area (Å²) < 4.78 is 0.880. The lowest BCUT2D eigenvalue weighted by Crippen LogP contribution is -2.26. The molecule has 1 aliphatic rings. The number of carbonyl (C=O) groups excluding carboxylic acids is 1. The predicted molar refractivity (Wildman–Crippen MR) is 108 cm³/mol. The van der Waals surface area contributed by atoms with Crippen LogP contribution in [0.25, 0.3) is 11.0 Å². The van der Waals surface area contributed by atoms with E-state index in [0.29, 0.717) is 11.3 Å². The van der Waals surface area contributed by atoms with Gasteiger partial charge in [0.05, 0.1) is 26.8 Å². The van der Waals surface area contributed by atoms with Gasteiger partial charge in [-0.25, -0.2) is 4.98 Å². The van der Waals surface area contributed by atoms with E-state index in [1.165, 1.54) is 0 Å². The number of nitrogens with zero attached hydrogens (tertiary/aromatic N) is 3. The number of carbonyl (C=O) groups is 1. The molecule has 4 N–H and O–H groups in total. The quantitative estimate of drug-likeness (QED) is 0.585. The SMILES string of the molecule is Cl.N[C@@H]1CCN(c2c(Br)cnc3[nH]cc(NC(=O)c4cccnc4)c23)C1. The summed E-state index contributed by atoms with van der Waals surface area (Å²) in [6.07, 6.45) is 7.65. The van der Waals surface area contributed by atoms with Crippen LogP contribution in [0.15, 0.2) is 41.4 Å². The van der Waals surface area contributed by atoms with E-state index >= 15 is 0 Å². The van der Waals surface area contributed by atoms with Gasteiger partial charge in [-0.2, -0.15) is 0 Å². The molecule has 0 radical (unpaired) electrons. The van der Waals surface area contributed by atoms with E-state index in [2.05, 4.69) is 41.1 Å². The average Bonchev–Trinajstić information content (AvgIpc) is 3.22. The minimum absolute atomic E-state index is 0. The van der Waals surface area contributed by atoms with Crippen LogP contribution in [0.2, 0.25) is 0 Å². The van der Waals surface area contributed by atoms with E-state index in [1.807, 2.05) is 0 Å². The Balaban J connectivity index is 0.00000196. The number of H-pyrrole nitrogens is 1. The Labute approximate surface area is 164 Å². The smallest absolute Gasteiger partial charge is 0.257 e. The summed E-state index contributed by atoms with van der Waals surface area (Å²) >= 11 is 3.60. The van der Waals surface area contributed by atoms with Gasteiger partial charge < -0.3 is 20.9 Å². The summed E-state index contributed by atoms with van der Waals surface area (Å²) in [4.78, 5) is 26.2. The number of amides is 1. The topological polar surface area (TPSA) is 99.9 Å². The first kappa shape index (κ1) is 18.6. The van der Waals surface area contributed by atoms with Crippen LogP contribution in [0.4, 0.5) is 11.4 Å². The third kappa shape index (κ3) is 3.40. The standard InChI is InChI=1S/C17H17BrN6O.ClH/c18-12-7-21-16-14(15(12)24-5-3-11(19)9-24)13(8-22-16)23-17(25)10-2-1-4-20-6-10;/h1-2,4,6-8,11H,3,5,9,19H2,(H,21,22)(H,23,25);1H/t11-;/m1./s1. The Morgan fingerprint density at radius 2 is 2.27 bits per heavy atom. The molecule has 136 valence electrons. The number of rotatable bonds is 3. The zero-order valence-electron chi connectivity index (χ0n) is 13.8. The van der Waals surface area contributed by atoms with Crippen molar-refractivity contribution in [2.45, 2.75) is 12.5 Å². The summed E-state index contributed by atoms with van der Waals surface area (Å²) in [5.41, 5.74) is 8.98. The fraction of sp³-hybridized carbons (Fsp3) is 0.235. The maximum Gasteiger partial charge on any atom is 0.257 e. The van der Waals surface area contributed by atoms with Crippen LogP contribution in [0.1, 0.15) is 16.8 Å². The van der Waals surface area contributed by atoms with Crippen molar-refractivity contribution in [1.29, 1.82) is 0 Å². The zero-order valence-corrected chi connectivity index (χ0v) is 16.2. The third-order valence-electron chi connectivity index (χ3n) is 4.34. The van der Waals surface area contributed by atoms with E-state index in [1.54, 1.807) is 36.9 Å². The minimum atomic E-state index is -0.210. The third-order valence-corrected chi connectivity index (χ3v) is 4.92. The Hall–Kier alpha value is -2.16. The Morgan fingerprint density at radius 1 is 1.42 bits per heavy atom. The molecule has 1 saturated heterocycles. The van der Waals surface area contributed by atoms with Crippen molar-refractivity contribution >= 4 is 56.7 Å². The lowest BCUT2D eigenvalue weighted by molar-refractivity contribution is 0.102. The van der Waals surface area contributed by atoms with Gasteiger partial charge in [-0.05, 0) is 34.5 Å². The van der Waals surface area contributed by atoms with Crippen molar-refractivity contribution in [3.63, 3.8) is 0 Å². The summed E-state index contributed by atoms with van der Waals surface area (Å²) in [5.74, 6) is -0.210. The largest absolute Gasteiger partial charge is 0.368 e. The molecule has 0 saturated carbocycles. The fourth-order valence-electron chi connectivity index (χ4n) is 3.15. The van der Waals surface area contributed by atoms with Gasteiger partial charge in [-0.15, -0.1) is 12.4 Å². The number of halogens is 2. The first-order valence-corrected chi connectivity index (χ1v) is 8.80. The summed E-state index contributed by atoms with van der Waals surface area (Å²) in [6.45, 7) is 1.65. The highest BCUT2D eigenvalue weighted by atomic mass is 79.9. The molecule has 4 heterocycles. The van der Waals surface area contributed by atoms with Crippen LogP contribution in [0.5, 0.6) is 0 Å². The van der Waals surface area contributed by atoms with E-state index in [4.69, 9.17) is 5.73 Å². The number of hydrogen-bond donors (Lipinski definition) is 3. The van der Waals surface area contributed by atoms with Gasteiger partial charge >= 0.3 is 0 Å². The maximum atomic E-state index is 12.5. The Bertz CT molecular complexity index is 932. The van der Waals surface area contributed by atoms with Gasteiger partial charge in [0, 0.05) is 43.9 Å². The minimum Gasteiger partial charge on any atom is -0.368 e. The monoisotopic (exact) mass is 436 g/mol. The van der Waals surface area contributed by atoms with Gasteiger partial charge in [0.25, 0.3) is 5.91 Å². The average molecular weight is 438 g/mol. The summed E-state index contributed by atoms with van der Waals surface area (Å²) in [5, 5.41) is 3.83. The fourth-order valence-corrected chi connectivity index (χ4v) is 3.70. The number of anilines is 2. The maximum absolute atomic E-state index is 12.5. The molecule has 26 heavy (non-hydrogen) atoms. The van der Waals surface area contributed by atoms with Crippen molar-refractivity contribution in [1.82, 2.24) is 15.0 Å². The molecular formula is C17H18BrClN6O. The van der Waals surface area contributed by atoms with Crippen LogP contribution in [-0.2, 0) is 0 Å². The second kappa shape index (κ2) is 7.61. The number of aromatic nitrogens is 3. The molecule has 1 atom stereocenters. The zero-order chi connectivity index (χ0) is 17.4. The molecule has 7 nitrogen and oxygen atoms in total. The summed E-state index contributed by atoms with van der Waals surface area (Å²) in [6, 6.07) is 3.62. The molecule has 3 aromatic heterocycles. The van der Waals surface area contributed by atoms with E-state index in [-0.39, 0.29) is 24.4 Å². The van der Waals surface area contributed by atoms with Gasteiger partial charge in [-0.1, -0.05) is 0 Å². The number of hydrogen-bond acceptors (Lipinski definition) is 5. The molecule has 1 fully saturated rings. The molecular weight excluding hydrogens is 420 g/mol. The van der Waals surface area contributed by atoms with Gasteiger partial charge in [0.1, 0.15) is 5.65 Å². The normalized spacial score (nSPS) is 16.5. The first-order valence-electron chi connectivity index (χ1n) is 8.01. The van der Waals surface area contributed by atoms with Crippen molar-refractivity contribution in [3.05, 3.63) is 47.0 Å². The highest BCUT2D eigenvalue weighted by Crippen LogP contribution is 2.39. The molecule has 0 spiro atoms. The van der Waals surface area contributed by atoms with Gasteiger partial charge in [0.2, 0.25) is 0 Å². The van der Waals surface area contributed by atoms with Gasteiger partial charge in [0.15, 0.2) is 0 Å². The molecule has 0 unspecified atom stereocenters. The van der Waals surface area contributed by atoms with Crippen molar-refractivity contribution in [2.75, 3.05) is 23.3 Å². The second-order valence-electron chi connectivity index (χ2n) is 6.07. The lowest BCUT2D eigenvalue weighted by atomic mass is 10.2. The van der Waals surface area contributed by atoms with Gasteiger partial charge in [-0.3, -0.25) is 9.78 Å². The molecule has 9 heteroatoms. The van der Waals surface area contributed by atoms with Crippen LogP contribution >= 0.6 is 28.3 Å². The molecule has 4 rings (SSSR count). The Morgan fingerprint density at radius 3 is 2.96 bits per heavy atom. The van der Waals surface area contributed by atoms with E-state index < -0.39 is 0 Å². The van der Waals surface area contributed by atoms with Crippen molar-refractivity contribution in [3.8, 4) is 0 Å². The van der Waals surface area contributed by atoms with Crippen LogP contribution in [-0.4, -0.2) is 40.0 Å². The van der Waals surface area contributed by atoms with Crippen LogP contribution in [0.3, 0.4) is 0 Å². The highest BCUT2D eigenvalue weighted by molar-refractivity contribution is 9.10. The number of pyridine rings is 2. The number of nitrogens with two attached hydrogens (primary N) is 1.